The van der Waals surface area contributed by atoms with Crippen molar-refractivity contribution in [3.8, 4) is 5.75 Å². The first kappa shape index (κ1) is 15.5. The van der Waals surface area contributed by atoms with Gasteiger partial charge in [-0.2, -0.15) is 0 Å². The zero-order valence-corrected chi connectivity index (χ0v) is 12.4. The van der Waals surface area contributed by atoms with Gasteiger partial charge in [0.2, 0.25) is 0 Å². The van der Waals surface area contributed by atoms with Crippen LogP contribution >= 0.6 is 0 Å². The van der Waals surface area contributed by atoms with Gasteiger partial charge in [-0.3, -0.25) is 4.79 Å². The quantitative estimate of drug-likeness (QED) is 0.884. The summed E-state index contributed by atoms with van der Waals surface area (Å²) in [7, 11) is 1.67. The number of hydrogen-bond acceptors (Lipinski definition) is 3. The molecule has 106 valence electrons. The largest absolute Gasteiger partial charge is 0.484 e. The fraction of sp³-hybridized carbons (Fsp3) is 0.533. The van der Waals surface area contributed by atoms with E-state index in [4.69, 9.17) is 4.74 Å². The number of carbonyl (C=O) groups is 1. The molecule has 0 radical (unpaired) electrons. The predicted octanol–water partition coefficient (Wildman–Crippen LogP) is 1.91. The number of aliphatic hydroxyl groups excluding tert-OH is 1. The Balaban J connectivity index is 2.64. The highest BCUT2D eigenvalue weighted by atomic mass is 16.5. The molecule has 1 aromatic carbocycles. The highest BCUT2D eigenvalue weighted by molar-refractivity contribution is 5.78. The Morgan fingerprint density at radius 3 is 2.53 bits per heavy atom. The monoisotopic (exact) mass is 265 g/mol. The number of rotatable bonds is 5. The van der Waals surface area contributed by atoms with Gasteiger partial charge in [0.05, 0.1) is 12.1 Å². The first-order valence-electron chi connectivity index (χ1n) is 6.35. The van der Waals surface area contributed by atoms with Crippen LogP contribution in [0.4, 0.5) is 0 Å². The van der Waals surface area contributed by atoms with Crippen LogP contribution in [0.1, 0.15) is 25.0 Å². The van der Waals surface area contributed by atoms with Gasteiger partial charge in [0, 0.05) is 7.05 Å². The Bertz CT molecular complexity index is 455. The number of benzene rings is 1. The maximum absolute atomic E-state index is 12.0. The summed E-state index contributed by atoms with van der Waals surface area (Å²) in [6, 6.07) is 5.84. The zero-order chi connectivity index (χ0) is 14.6. The molecule has 0 aliphatic heterocycles. The van der Waals surface area contributed by atoms with E-state index in [1.807, 2.05) is 45.9 Å². The summed E-state index contributed by atoms with van der Waals surface area (Å²) >= 11 is 0. The number of aliphatic hydroxyl groups is 1. The Morgan fingerprint density at radius 2 is 2.00 bits per heavy atom. The summed E-state index contributed by atoms with van der Waals surface area (Å²) in [5.74, 6) is 0.563. The first-order valence-corrected chi connectivity index (χ1v) is 6.35. The normalized spacial score (nSPS) is 11.3. The predicted molar refractivity (Wildman–Crippen MR) is 75.3 cm³/mol. The molecule has 0 bridgehead atoms. The van der Waals surface area contributed by atoms with Crippen LogP contribution in [0.15, 0.2) is 18.2 Å². The molecule has 0 aromatic heterocycles. The van der Waals surface area contributed by atoms with Gasteiger partial charge in [-0.15, -0.1) is 0 Å². The van der Waals surface area contributed by atoms with Crippen LogP contribution in [0.3, 0.4) is 0 Å². The van der Waals surface area contributed by atoms with E-state index in [0.29, 0.717) is 5.75 Å². The average molecular weight is 265 g/mol. The second-order valence-electron chi connectivity index (χ2n) is 5.48. The van der Waals surface area contributed by atoms with Gasteiger partial charge >= 0.3 is 0 Å². The molecule has 0 saturated carbocycles. The van der Waals surface area contributed by atoms with Crippen molar-refractivity contribution >= 4 is 5.91 Å². The topological polar surface area (TPSA) is 49.8 Å². The van der Waals surface area contributed by atoms with Crippen LogP contribution in [0.5, 0.6) is 5.75 Å². The smallest absolute Gasteiger partial charge is 0.260 e. The van der Waals surface area contributed by atoms with E-state index >= 15 is 0 Å². The fourth-order valence-corrected chi connectivity index (χ4v) is 1.64. The summed E-state index contributed by atoms with van der Waals surface area (Å²) in [6.07, 6.45) is 0. The molecule has 0 saturated heterocycles. The molecular formula is C15H23NO3. The average Bonchev–Trinajstić information content (AvgIpc) is 2.36. The van der Waals surface area contributed by atoms with Gasteiger partial charge in [0.25, 0.3) is 5.91 Å². The lowest BCUT2D eigenvalue weighted by Crippen LogP contribution is -2.49. The van der Waals surface area contributed by atoms with Crippen LogP contribution in [0.2, 0.25) is 0 Å². The molecule has 0 atom stereocenters. The number of aryl methyl sites for hydroxylation is 2. The lowest BCUT2D eigenvalue weighted by molar-refractivity contribution is -0.138. The molecular weight excluding hydrogens is 242 g/mol. The van der Waals surface area contributed by atoms with E-state index in [0.717, 1.165) is 11.1 Å². The van der Waals surface area contributed by atoms with Gasteiger partial charge < -0.3 is 14.7 Å². The minimum absolute atomic E-state index is 0.0240. The number of likely N-dealkylation sites (N-methyl/N-ethyl adjacent to an activating group) is 1. The van der Waals surface area contributed by atoms with E-state index in [2.05, 4.69) is 0 Å². The molecule has 1 rings (SSSR count). The second-order valence-corrected chi connectivity index (χ2v) is 5.48. The lowest BCUT2D eigenvalue weighted by atomic mass is 10.1. The Labute approximate surface area is 115 Å². The molecule has 4 heteroatoms. The summed E-state index contributed by atoms with van der Waals surface area (Å²) in [4.78, 5) is 13.5. The molecule has 4 nitrogen and oxygen atoms in total. The second kappa shape index (κ2) is 6.06. The summed E-state index contributed by atoms with van der Waals surface area (Å²) in [5.41, 5.74) is 1.59. The van der Waals surface area contributed by atoms with Crippen molar-refractivity contribution < 1.29 is 14.6 Å². The van der Waals surface area contributed by atoms with Crippen LogP contribution in [0.25, 0.3) is 0 Å². The molecule has 0 aliphatic rings. The Kier molecular flexibility index (Phi) is 4.95. The first-order chi connectivity index (χ1) is 8.77. The fourth-order valence-electron chi connectivity index (χ4n) is 1.64. The third-order valence-corrected chi connectivity index (χ3v) is 3.35. The minimum atomic E-state index is -0.581. The van der Waals surface area contributed by atoms with Crippen molar-refractivity contribution in [3.05, 3.63) is 29.3 Å². The maximum Gasteiger partial charge on any atom is 0.260 e. The molecule has 0 heterocycles. The highest BCUT2D eigenvalue weighted by Gasteiger charge is 2.26. The van der Waals surface area contributed by atoms with E-state index in [1.54, 1.807) is 7.05 Å². The molecule has 0 aliphatic carbocycles. The van der Waals surface area contributed by atoms with Gasteiger partial charge in [0.1, 0.15) is 5.75 Å². The third kappa shape index (κ3) is 3.96. The van der Waals surface area contributed by atoms with E-state index < -0.39 is 5.54 Å². The van der Waals surface area contributed by atoms with Crippen molar-refractivity contribution in [2.24, 2.45) is 0 Å². The van der Waals surface area contributed by atoms with Crippen LogP contribution < -0.4 is 4.74 Å². The van der Waals surface area contributed by atoms with Crippen molar-refractivity contribution in [3.63, 3.8) is 0 Å². The van der Waals surface area contributed by atoms with Gasteiger partial charge in [-0.25, -0.2) is 0 Å². The molecule has 1 amide bonds. The number of nitrogens with zero attached hydrogens (tertiary/aromatic N) is 1. The molecule has 1 N–H and O–H groups in total. The van der Waals surface area contributed by atoms with E-state index in [9.17, 15) is 9.90 Å². The summed E-state index contributed by atoms with van der Waals surface area (Å²) in [5, 5.41) is 9.24. The van der Waals surface area contributed by atoms with Crippen molar-refractivity contribution in [1.82, 2.24) is 4.90 Å². The summed E-state index contributed by atoms with van der Waals surface area (Å²) < 4.78 is 5.54. The van der Waals surface area contributed by atoms with Crippen molar-refractivity contribution in [2.75, 3.05) is 20.3 Å². The standard InChI is InChI=1S/C15H23NO3/c1-11-6-7-13(12(2)8-11)19-9-14(18)16(5)15(3,4)10-17/h6-8,17H,9-10H2,1-5H3. The Hall–Kier alpha value is -1.55. The summed E-state index contributed by atoms with van der Waals surface area (Å²) in [6.45, 7) is 7.47. The number of carbonyl (C=O) groups excluding carboxylic acids is 1. The third-order valence-electron chi connectivity index (χ3n) is 3.35. The van der Waals surface area contributed by atoms with E-state index in [-0.39, 0.29) is 19.1 Å². The minimum Gasteiger partial charge on any atom is -0.484 e. The van der Waals surface area contributed by atoms with Crippen LogP contribution in [-0.4, -0.2) is 41.7 Å². The van der Waals surface area contributed by atoms with Gasteiger partial charge in [-0.1, -0.05) is 17.7 Å². The van der Waals surface area contributed by atoms with Gasteiger partial charge in [-0.05, 0) is 39.3 Å². The zero-order valence-electron chi connectivity index (χ0n) is 12.4. The maximum atomic E-state index is 12.0. The lowest BCUT2D eigenvalue weighted by Gasteiger charge is -2.33. The molecule has 0 unspecified atom stereocenters. The van der Waals surface area contributed by atoms with E-state index in [1.165, 1.54) is 4.90 Å². The van der Waals surface area contributed by atoms with Crippen LogP contribution in [-0.2, 0) is 4.79 Å². The SMILES string of the molecule is Cc1ccc(OCC(=O)N(C)C(C)(C)CO)c(C)c1. The van der Waals surface area contributed by atoms with Gasteiger partial charge in [0.15, 0.2) is 6.61 Å². The Morgan fingerprint density at radius 1 is 1.37 bits per heavy atom. The molecule has 0 spiro atoms. The number of hydrogen-bond donors (Lipinski definition) is 1. The number of amides is 1. The highest BCUT2D eigenvalue weighted by Crippen LogP contribution is 2.19. The number of ether oxygens (including phenoxy) is 1. The molecule has 1 aromatic rings. The van der Waals surface area contributed by atoms with Crippen molar-refractivity contribution in [1.29, 1.82) is 0 Å². The molecule has 0 fully saturated rings. The molecule has 19 heavy (non-hydrogen) atoms. The van der Waals surface area contributed by atoms with Crippen LogP contribution in [0, 0.1) is 13.8 Å². The van der Waals surface area contributed by atoms with Crippen molar-refractivity contribution in [2.45, 2.75) is 33.2 Å².